The monoisotopic (exact) mass is 324 g/mol. The Bertz CT molecular complexity index is 805. The zero-order valence-corrected chi connectivity index (χ0v) is 13.7. The zero-order valence-electron chi connectivity index (χ0n) is 13.7. The van der Waals surface area contributed by atoms with Crippen LogP contribution in [0.3, 0.4) is 0 Å². The summed E-state index contributed by atoms with van der Waals surface area (Å²) >= 11 is 0. The van der Waals surface area contributed by atoms with Crippen LogP contribution in [0, 0.1) is 0 Å². The average molecular weight is 324 g/mol. The Balaban J connectivity index is 1.73. The summed E-state index contributed by atoms with van der Waals surface area (Å²) < 4.78 is 6.76. The van der Waals surface area contributed by atoms with Gasteiger partial charge in [0, 0.05) is 18.8 Å². The van der Waals surface area contributed by atoms with E-state index in [2.05, 4.69) is 17.2 Å². The maximum atomic E-state index is 12.0. The highest BCUT2D eigenvalue weighted by Crippen LogP contribution is 2.43. The van der Waals surface area contributed by atoms with Crippen LogP contribution in [0.25, 0.3) is 5.69 Å². The van der Waals surface area contributed by atoms with Crippen LogP contribution in [0.2, 0.25) is 0 Å². The van der Waals surface area contributed by atoms with Gasteiger partial charge in [-0.15, -0.1) is 0 Å². The molecule has 1 aromatic heterocycles. The smallest absolute Gasteiger partial charge is 0.341 e. The molecule has 0 saturated heterocycles. The Morgan fingerprint density at radius 1 is 1.25 bits per heavy atom. The lowest BCUT2D eigenvalue weighted by atomic mass is 9.97. The summed E-state index contributed by atoms with van der Waals surface area (Å²) in [5, 5.41) is 4.45. The highest BCUT2D eigenvalue weighted by atomic mass is 16.5. The molecule has 5 heteroatoms. The number of benzene rings is 1. The Kier molecular flexibility index (Phi) is 3.71. The van der Waals surface area contributed by atoms with Gasteiger partial charge in [0.1, 0.15) is 11.3 Å². The molecule has 0 amide bonds. The van der Waals surface area contributed by atoms with Crippen molar-refractivity contribution in [3.8, 4) is 5.69 Å². The second-order valence-electron chi connectivity index (χ2n) is 6.69. The molecule has 2 aliphatic carbocycles. The third kappa shape index (κ3) is 2.64. The Labute approximate surface area is 140 Å². The number of nitrogens with zero attached hydrogens (tertiary/aromatic N) is 2. The van der Waals surface area contributed by atoms with Crippen molar-refractivity contribution in [1.82, 2.24) is 9.78 Å². The van der Waals surface area contributed by atoms with Crippen LogP contribution in [-0.4, -0.2) is 28.6 Å². The Morgan fingerprint density at radius 2 is 2.08 bits per heavy atom. The summed E-state index contributed by atoms with van der Waals surface area (Å²) in [6.07, 6.45) is 5.98. The number of ketones is 1. The SMILES string of the molecule is COC(=O)c1cnn(-c2cccc(C3CCC(=O)C3)c2)c1C1CC1. The summed E-state index contributed by atoms with van der Waals surface area (Å²) in [7, 11) is 1.40. The lowest BCUT2D eigenvalue weighted by molar-refractivity contribution is -0.117. The number of carbonyl (C=O) groups excluding carboxylic acids is 2. The van der Waals surface area contributed by atoms with Gasteiger partial charge >= 0.3 is 5.97 Å². The highest BCUT2D eigenvalue weighted by molar-refractivity contribution is 5.91. The highest BCUT2D eigenvalue weighted by Gasteiger charge is 2.33. The summed E-state index contributed by atoms with van der Waals surface area (Å²) in [5.41, 5.74) is 3.63. The first kappa shape index (κ1) is 15.1. The Hall–Kier alpha value is -2.43. The second-order valence-corrected chi connectivity index (χ2v) is 6.69. The van der Waals surface area contributed by atoms with Gasteiger partial charge in [0.25, 0.3) is 0 Å². The van der Waals surface area contributed by atoms with Crippen molar-refractivity contribution in [2.75, 3.05) is 7.11 Å². The van der Waals surface area contributed by atoms with Crippen molar-refractivity contribution >= 4 is 11.8 Å². The van der Waals surface area contributed by atoms with Crippen LogP contribution in [0.4, 0.5) is 0 Å². The Morgan fingerprint density at radius 3 is 2.75 bits per heavy atom. The molecule has 5 nitrogen and oxygen atoms in total. The number of esters is 1. The summed E-state index contributed by atoms with van der Waals surface area (Å²) in [5.74, 6) is 0.688. The molecule has 1 heterocycles. The molecule has 0 N–H and O–H groups in total. The fourth-order valence-electron chi connectivity index (χ4n) is 3.59. The standard InChI is InChI=1S/C19H20N2O3/c1-24-19(23)17-11-20-21(18(17)12-5-6-12)15-4-2-3-13(9-15)14-7-8-16(22)10-14/h2-4,9,11-12,14H,5-8,10H2,1H3. The van der Waals surface area contributed by atoms with E-state index in [0.717, 1.165) is 30.6 Å². The third-order valence-corrected chi connectivity index (χ3v) is 5.01. The van der Waals surface area contributed by atoms with Gasteiger partial charge in [0.05, 0.1) is 24.7 Å². The number of aromatic nitrogens is 2. The first-order valence-corrected chi connectivity index (χ1v) is 8.45. The molecule has 2 aromatic rings. The number of hydrogen-bond acceptors (Lipinski definition) is 4. The average Bonchev–Trinajstić information content (AvgIpc) is 3.19. The molecule has 0 bridgehead atoms. The number of carbonyl (C=O) groups is 2. The van der Waals surface area contributed by atoms with E-state index in [0.29, 0.717) is 36.0 Å². The minimum Gasteiger partial charge on any atom is -0.465 e. The van der Waals surface area contributed by atoms with Crippen LogP contribution < -0.4 is 0 Å². The number of ether oxygens (including phenoxy) is 1. The number of rotatable bonds is 4. The minimum absolute atomic E-state index is 0.303. The van der Waals surface area contributed by atoms with Gasteiger partial charge in [-0.05, 0) is 42.9 Å². The molecule has 2 aliphatic rings. The van der Waals surface area contributed by atoms with Crippen molar-refractivity contribution in [3.63, 3.8) is 0 Å². The van der Waals surface area contributed by atoms with Crippen LogP contribution in [-0.2, 0) is 9.53 Å². The molecule has 1 aromatic carbocycles. The molecule has 2 saturated carbocycles. The lowest BCUT2D eigenvalue weighted by Crippen LogP contribution is -2.08. The molecule has 1 atom stereocenters. The van der Waals surface area contributed by atoms with Crippen molar-refractivity contribution in [2.24, 2.45) is 0 Å². The fraction of sp³-hybridized carbons (Fsp3) is 0.421. The molecule has 0 radical (unpaired) electrons. The topological polar surface area (TPSA) is 61.2 Å². The van der Waals surface area contributed by atoms with Crippen LogP contribution in [0.5, 0.6) is 0 Å². The predicted octanol–water partition coefficient (Wildman–Crippen LogP) is 3.37. The largest absolute Gasteiger partial charge is 0.465 e. The molecular weight excluding hydrogens is 304 g/mol. The maximum Gasteiger partial charge on any atom is 0.341 e. The molecule has 4 rings (SSSR count). The van der Waals surface area contributed by atoms with Crippen molar-refractivity contribution in [2.45, 2.75) is 43.9 Å². The van der Waals surface area contributed by atoms with Gasteiger partial charge < -0.3 is 4.74 Å². The molecule has 0 spiro atoms. The van der Waals surface area contributed by atoms with Crippen LogP contribution in [0.15, 0.2) is 30.5 Å². The number of Topliss-reactive ketones (excluding diaryl/α,β-unsaturated/α-hetero) is 1. The van der Waals surface area contributed by atoms with Gasteiger partial charge in [0.15, 0.2) is 0 Å². The van der Waals surface area contributed by atoms with E-state index < -0.39 is 0 Å². The van der Waals surface area contributed by atoms with Gasteiger partial charge in [-0.25, -0.2) is 9.48 Å². The van der Waals surface area contributed by atoms with E-state index in [-0.39, 0.29) is 5.97 Å². The maximum absolute atomic E-state index is 12.0. The first-order chi connectivity index (χ1) is 11.7. The number of methoxy groups -OCH3 is 1. The van der Waals surface area contributed by atoms with Crippen molar-refractivity contribution < 1.29 is 14.3 Å². The van der Waals surface area contributed by atoms with Gasteiger partial charge in [-0.3, -0.25) is 4.79 Å². The molecule has 2 fully saturated rings. The predicted molar refractivity (Wildman–Crippen MR) is 88.5 cm³/mol. The first-order valence-electron chi connectivity index (χ1n) is 8.45. The second kappa shape index (κ2) is 5.89. The van der Waals surface area contributed by atoms with E-state index in [1.165, 1.54) is 12.7 Å². The van der Waals surface area contributed by atoms with E-state index in [4.69, 9.17) is 4.74 Å². The van der Waals surface area contributed by atoms with Crippen molar-refractivity contribution in [1.29, 1.82) is 0 Å². The minimum atomic E-state index is -0.333. The number of hydrogen-bond donors (Lipinski definition) is 0. The van der Waals surface area contributed by atoms with E-state index in [1.54, 1.807) is 6.20 Å². The van der Waals surface area contributed by atoms with E-state index >= 15 is 0 Å². The van der Waals surface area contributed by atoms with Crippen LogP contribution in [0.1, 0.15) is 65.6 Å². The van der Waals surface area contributed by atoms with E-state index in [9.17, 15) is 9.59 Å². The van der Waals surface area contributed by atoms with Gasteiger partial charge in [-0.2, -0.15) is 5.10 Å². The van der Waals surface area contributed by atoms with Crippen LogP contribution >= 0.6 is 0 Å². The molecule has 124 valence electrons. The van der Waals surface area contributed by atoms with Gasteiger partial charge in [-0.1, -0.05) is 12.1 Å². The molecule has 0 aliphatic heterocycles. The van der Waals surface area contributed by atoms with E-state index in [1.807, 2.05) is 16.8 Å². The summed E-state index contributed by atoms with van der Waals surface area (Å²) in [6, 6.07) is 8.18. The summed E-state index contributed by atoms with van der Waals surface area (Å²) in [6.45, 7) is 0. The third-order valence-electron chi connectivity index (χ3n) is 5.01. The van der Waals surface area contributed by atoms with Crippen molar-refractivity contribution in [3.05, 3.63) is 47.3 Å². The van der Waals surface area contributed by atoms with Gasteiger partial charge in [0.2, 0.25) is 0 Å². The summed E-state index contributed by atoms with van der Waals surface area (Å²) in [4.78, 5) is 23.6. The zero-order chi connectivity index (χ0) is 16.7. The molecule has 24 heavy (non-hydrogen) atoms. The quantitative estimate of drug-likeness (QED) is 0.809. The fourth-order valence-corrected chi connectivity index (χ4v) is 3.59. The molecule has 1 unspecified atom stereocenters. The lowest BCUT2D eigenvalue weighted by Gasteiger charge is -2.13. The normalized spacial score (nSPS) is 20.4. The molecular formula is C19H20N2O3.